The zero-order chi connectivity index (χ0) is 14.8. The van der Waals surface area contributed by atoms with Crippen LogP contribution in [0.15, 0.2) is 24.5 Å². The van der Waals surface area contributed by atoms with Gasteiger partial charge >= 0.3 is 0 Å². The Labute approximate surface area is 122 Å². The lowest BCUT2D eigenvalue weighted by atomic mass is 10.0. The lowest BCUT2D eigenvalue weighted by Gasteiger charge is -2.17. The van der Waals surface area contributed by atoms with Gasteiger partial charge in [0.1, 0.15) is 6.33 Å². The SMILES string of the molecule is Cc1ccc(-n2cnnn2)cc1NC(=O)C1NCCC1C. The monoisotopic (exact) mass is 286 g/mol. The molecular weight excluding hydrogens is 268 g/mol. The Morgan fingerprint density at radius 2 is 2.33 bits per heavy atom. The second-order valence-electron chi connectivity index (χ2n) is 5.44. The van der Waals surface area contributed by atoms with E-state index in [1.54, 1.807) is 4.68 Å². The van der Waals surface area contributed by atoms with Crippen molar-refractivity contribution in [1.29, 1.82) is 0 Å². The molecule has 1 aliphatic rings. The molecule has 1 fully saturated rings. The number of amides is 1. The summed E-state index contributed by atoms with van der Waals surface area (Å²) in [6.07, 6.45) is 2.55. The van der Waals surface area contributed by atoms with Gasteiger partial charge in [-0.25, -0.2) is 4.68 Å². The highest BCUT2D eigenvalue weighted by molar-refractivity contribution is 5.96. The molecular formula is C14H18N6O. The van der Waals surface area contributed by atoms with Crippen LogP contribution in [0.4, 0.5) is 5.69 Å². The summed E-state index contributed by atoms with van der Waals surface area (Å²) in [4.78, 5) is 12.4. The fourth-order valence-corrected chi connectivity index (χ4v) is 2.56. The third-order valence-corrected chi connectivity index (χ3v) is 3.91. The Morgan fingerprint density at radius 3 is 3.00 bits per heavy atom. The number of tetrazole rings is 1. The van der Waals surface area contributed by atoms with Gasteiger partial charge < -0.3 is 10.6 Å². The molecule has 1 amide bonds. The largest absolute Gasteiger partial charge is 0.324 e. The van der Waals surface area contributed by atoms with E-state index in [4.69, 9.17) is 0 Å². The Kier molecular flexibility index (Phi) is 3.66. The van der Waals surface area contributed by atoms with E-state index in [0.717, 1.165) is 29.9 Å². The van der Waals surface area contributed by atoms with E-state index < -0.39 is 0 Å². The highest BCUT2D eigenvalue weighted by atomic mass is 16.2. The highest BCUT2D eigenvalue weighted by Gasteiger charge is 2.29. The minimum atomic E-state index is -0.124. The third-order valence-electron chi connectivity index (χ3n) is 3.91. The first-order valence-corrected chi connectivity index (χ1v) is 7.03. The molecule has 1 saturated heterocycles. The summed E-state index contributed by atoms with van der Waals surface area (Å²) in [6, 6.07) is 5.61. The maximum atomic E-state index is 12.4. The van der Waals surface area contributed by atoms with Gasteiger partial charge in [0.15, 0.2) is 0 Å². The van der Waals surface area contributed by atoms with Crippen molar-refractivity contribution < 1.29 is 4.79 Å². The molecule has 7 heteroatoms. The van der Waals surface area contributed by atoms with Crippen LogP contribution in [0.25, 0.3) is 5.69 Å². The van der Waals surface area contributed by atoms with Crippen molar-refractivity contribution in [3.63, 3.8) is 0 Å². The van der Waals surface area contributed by atoms with Crippen LogP contribution in [0.5, 0.6) is 0 Å². The van der Waals surface area contributed by atoms with E-state index in [1.807, 2.05) is 25.1 Å². The van der Waals surface area contributed by atoms with Crippen LogP contribution in [-0.4, -0.2) is 38.7 Å². The van der Waals surface area contributed by atoms with E-state index in [0.29, 0.717) is 5.92 Å². The van der Waals surface area contributed by atoms with Crippen LogP contribution in [-0.2, 0) is 4.79 Å². The van der Waals surface area contributed by atoms with Crippen LogP contribution in [0.1, 0.15) is 18.9 Å². The first kappa shape index (κ1) is 13.7. The Bertz CT molecular complexity index is 639. The van der Waals surface area contributed by atoms with Crippen molar-refractivity contribution in [3.8, 4) is 5.69 Å². The molecule has 2 N–H and O–H groups in total. The lowest BCUT2D eigenvalue weighted by Crippen LogP contribution is -2.39. The maximum Gasteiger partial charge on any atom is 0.241 e. The fourth-order valence-electron chi connectivity index (χ4n) is 2.56. The summed E-state index contributed by atoms with van der Waals surface area (Å²) in [6.45, 7) is 4.95. The number of nitrogens with zero attached hydrogens (tertiary/aromatic N) is 4. The van der Waals surface area contributed by atoms with Crippen molar-refractivity contribution >= 4 is 11.6 Å². The lowest BCUT2D eigenvalue weighted by molar-refractivity contribution is -0.118. The molecule has 7 nitrogen and oxygen atoms in total. The second-order valence-corrected chi connectivity index (χ2v) is 5.44. The van der Waals surface area contributed by atoms with Crippen molar-refractivity contribution in [1.82, 2.24) is 25.5 Å². The van der Waals surface area contributed by atoms with E-state index in [2.05, 4.69) is 33.1 Å². The Balaban J connectivity index is 1.81. The molecule has 110 valence electrons. The molecule has 0 radical (unpaired) electrons. The Morgan fingerprint density at radius 1 is 1.48 bits per heavy atom. The zero-order valence-electron chi connectivity index (χ0n) is 12.1. The van der Waals surface area contributed by atoms with Gasteiger partial charge in [-0.05, 0) is 53.9 Å². The highest BCUT2D eigenvalue weighted by Crippen LogP contribution is 2.21. The van der Waals surface area contributed by atoms with Crippen LogP contribution in [0.3, 0.4) is 0 Å². The van der Waals surface area contributed by atoms with Gasteiger partial charge in [-0.15, -0.1) is 5.10 Å². The molecule has 1 aliphatic heterocycles. The molecule has 0 saturated carbocycles. The summed E-state index contributed by atoms with van der Waals surface area (Å²) in [5, 5.41) is 17.3. The first-order valence-electron chi connectivity index (χ1n) is 7.03. The molecule has 2 unspecified atom stereocenters. The standard InChI is InChI=1S/C14H18N6O/c1-9-3-4-11(20-8-16-18-19-20)7-12(9)17-14(21)13-10(2)5-6-15-13/h3-4,7-8,10,13,15H,5-6H2,1-2H3,(H,17,21). The molecule has 3 rings (SSSR count). The minimum absolute atomic E-state index is 0.0111. The minimum Gasteiger partial charge on any atom is -0.324 e. The number of hydrogen-bond acceptors (Lipinski definition) is 5. The van der Waals surface area contributed by atoms with E-state index in [1.165, 1.54) is 6.33 Å². The summed E-state index contributed by atoms with van der Waals surface area (Å²) < 4.78 is 1.56. The topological polar surface area (TPSA) is 84.7 Å². The number of rotatable bonds is 3. The average Bonchev–Trinajstić information content (AvgIpc) is 3.12. The second kappa shape index (κ2) is 5.61. The van der Waals surface area contributed by atoms with Gasteiger partial charge in [0.25, 0.3) is 0 Å². The predicted molar refractivity (Wildman–Crippen MR) is 78.1 cm³/mol. The fraction of sp³-hybridized carbons (Fsp3) is 0.429. The van der Waals surface area contributed by atoms with Crippen LogP contribution < -0.4 is 10.6 Å². The number of anilines is 1. The van der Waals surface area contributed by atoms with Crippen molar-refractivity contribution in [2.75, 3.05) is 11.9 Å². The van der Waals surface area contributed by atoms with Gasteiger partial charge in [-0.1, -0.05) is 13.0 Å². The summed E-state index contributed by atoms with van der Waals surface area (Å²) >= 11 is 0. The van der Waals surface area contributed by atoms with E-state index in [9.17, 15) is 4.79 Å². The van der Waals surface area contributed by atoms with Crippen molar-refractivity contribution in [2.24, 2.45) is 5.92 Å². The summed E-state index contributed by atoms with van der Waals surface area (Å²) in [5.41, 5.74) is 2.60. The van der Waals surface area contributed by atoms with Crippen molar-refractivity contribution in [2.45, 2.75) is 26.3 Å². The van der Waals surface area contributed by atoms with Gasteiger partial charge in [0.05, 0.1) is 11.7 Å². The third kappa shape index (κ3) is 2.78. The molecule has 1 aromatic heterocycles. The maximum absolute atomic E-state index is 12.4. The number of benzene rings is 1. The van der Waals surface area contributed by atoms with E-state index >= 15 is 0 Å². The molecule has 1 aromatic carbocycles. The number of carbonyl (C=O) groups excluding carboxylic acids is 1. The molecule has 0 bridgehead atoms. The summed E-state index contributed by atoms with van der Waals surface area (Å²) in [7, 11) is 0. The van der Waals surface area contributed by atoms with Gasteiger partial charge in [-0.3, -0.25) is 4.79 Å². The molecule has 2 heterocycles. The smallest absolute Gasteiger partial charge is 0.241 e. The first-order chi connectivity index (χ1) is 10.1. The molecule has 0 aliphatic carbocycles. The predicted octanol–water partition coefficient (Wildman–Crippen LogP) is 0.907. The number of aryl methyl sites for hydroxylation is 1. The van der Waals surface area contributed by atoms with Crippen LogP contribution >= 0.6 is 0 Å². The number of aromatic nitrogens is 4. The summed E-state index contributed by atoms with van der Waals surface area (Å²) in [5.74, 6) is 0.366. The zero-order valence-corrected chi connectivity index (χ0v) is 12.1. The molecule has 0 spiro atoms. The quantitative estimate of drug-likeness (QED) is 0.876. The Hall–Kier alpha value is -2.28. The van der Waals surface area contributed by atoms with Crippen LogP contribution in [0, 0.1) is 12.8 Å². The molecule has 2 aromatic rings. The van der Waals surface area contributed by atoms with Gasteiger partial charge in [0.2, 0.25) is 5.91 Å². The van der Waals surface area contributed by atoms with Gasteiger partial charge in [0, 0.05) is 5.69 Å². The average molecular weight is 286 g/mol. The number of nitrogens with one attached hydrogen (secondary N) is 2. The molecule has 21 heavy (non-hydrogen) atoms. The van der Waals surface area contributed by atoms with Crippen LogP contribution in [0.2, 0.25) is 0 Å². The number of hydrogen-bond donors (Lipinski definition) is 2. The van der Waals surface area contributed by atoms with Crippen molar-refractivity contribution in [3.05, 3.63) is 30.1 Å². The molecule has 2 atom stereocenters. The number of carbonyl (C=O) groups is 1. The normalized spacial score (nSPS) is 21.4. The van der Waals surface area contributed by atoms with Gasteiger partial charge in [-0.2, -0.15) is 0 Å². The van der Waals surface area contributed by atoms with E-state index in [-0.39, 0.29) is 11.9 Å².